The lowest BCUT2D eigenvalue weighted by atomic mass is 9.88. The molecule has 0 amide bonds. The Bertz CT molecular complexity index is 464. The number of rotatable bonds is 2. The van der Waals surface area contributed by atoms with Gasteiger partial charge in [-0.3, -0.25) is 11.7 Å². The average Bonchev–Trinajstić information content (AvgIpc) is 2.34. The van der Waals surface area contributed by atoms with Gasteiger partial charge in [0.15, 0.2) is 0 Å². The molecule has 0 N–H and O–H groups in total. The highest BCUT2D eigenvalue weighted by atomic mass is 14.3. The van der Waals surface area contributed by atoms with Crippen LogP contribution in [0.15, 0.2) is 35.5 Å². The summed E-state index contributed by atoms with van der Waals surface area (Å²) < 4.78 is 0. The molecule has 1 aliphatic rings. The number of hydrogen-bond acceptors (Lipinski definition) is 2. The van der Waals surface area contributed by atoms with E-state index in [0.29, 0.717) is 0 Å². The Labute approximate surface area is 93.1 Å². The van der Waals surface area contributed by atoms with E-state index in [1.165, 1.54) is 0 Å². The average molecular weight is 206 g/mol. The van der Waals surface area contributed by atoms with Gasteiger partial charge in [-0.05, 0) is 0 Å². The molecule has 0 bridgehead atoms. The van der Waals surface area contributed by atoms with Crippen LogP contribution in [-0.4, -0.2) is 11.7 Å². The van der Waals surface area contributed by atoms with Crippen molar-refractivity contribution in [2.45, 2.75) is 0 Å². The van der Waals surface area contributed by atoms with Gasteiger partial charge in [0.25, 0.3) is 0 Å². The molecule has 1 aliphatic carbocycles. The molecule has 0 saturated carbocycles. The summed E-state index contributed by atoms with van der Waals surface area (Å²) in [5, 5.41) is 34.6. The highest BCUT2D eigenvalue weighted by Gasteiger charge is 2.14. The van der Waals surface area contributed by atoms with Gasteiger partial charge in [0.1, 0.15) is 12.1 Å². The first-order valence-corrected chi connectivity index (χ1v) is 4.47. The molecule has 76 valence electrons. The second kappa shape index (κ2) is 5.29. The lowest BCUT2D eigenvalue weighted by molar-refractivity contribution is 0.905. The van der Waals surface area contributed by atoms with E-state index >= 15 is 0 Å². The lowest BCUT2D eigenvalue weighted by Gasteiger charge is -2.14. The third-order valence-corrected chi connectivity index (χ3v) is 2.20. The zero-order valence-corrected chi connectivity index (χ0v) is 8.25. The van der Waals surface area contributed by atoms with Crippen molar-refractivity contribution in [1.29, 1.82) is 10.5 Å². The first-order chi connectivity index (χ1) is 7.76. The summed E-state index contributed by atoms with van der Waals surface area (Å²) in [5.74, 6) is 2.93. The van der Waals surface area contributed by atoms with Crippen molar-refractivity contribution in [2.24, 2.45) is 11.8 Å². The van der Waals surface area contributed by atoms with Crippen molar-refractivity contribution in [2.75, 3.05) is 0 Å². The zero-order chi connectivity index (χ0) is 12.0. The van der Waals surface area contributed by atoms with E-state index in [-0.39, 0.29) is 23.0 Å². The van der Waals surface area contributed by atoms with Crippen LogP contribution in [0.4, 0.5) is 0 Å². The molecule has 0 heterocycles. The van der Waals surface area contributed by atoms with E-state index in [9.17, 15) is 0 Å². The van der Waals surface area contributed by atoms with Crippen molar-refractivity contribution in [1.82, 2.24) is 0 Å². The second-order valence-electron chi connectivity index (χ2n) is 3.10. The van der Waals surface area contributed by atoms with Crippen molar-refractivity contribution >= 4 is 11.7 Å². The summed E-state index contributed by atoms with van der Waals surface area (Å²) in [7, 11) is 0. The first-order valence-electron chi connectivity index (χ1n) is 4.47. The molecule has 0 unspecified atom stereocenters. The standard InChI is InChI=1S/C12H6N4/c13-5-11(6-14)9-1-2-10(4-3-9)12(7-15)8-16/h1-4,9-10H/q-2. The molecule has 4 heteroatoms. The summed E-state index contributed by atoms with van der Waals surface area (Å²) in [6, 6.07) is 3.62. The Morgan fingerprint density at radius 3 is 1.31 bits per heavy atom. The van der Waals surface area contributed by atoms with Gasteiger partial charge in [0.2, 0.25) is 0 Å². The summed E-state index contributed by atoms with van der Waals surface area (Å²) >= 11 is 0. The van der Waals surface area contributed by atoms with Crippen LogP contribution in [0.3, 0.4) is 0 Å². The van der Waals surface area contributed by atoms with Crippen LogP contribution in [0.1, 0.15) is 0 Å². The Balaban J connectivity index is 2.91. The number of hydrogen-bond donors (Lipinski definition) is 0. The van der Waals surface area contributed by atoms with E-state index in [4.69, 9.17) is 21.3 Å². The molecule has 0 aromatic carbocycles. The van der Waals surface area contributed by atoms with Gasteiger partial charge in [0, 0.05) is 11.8 Å². The third kappa shape index (κ3) is 2.23. The van der Waals surface area contributed by atoms with Gasteiger partial charge >= 0.3 is 0 Å². The summed E-state index contributed by atoms with van der Waals surface area (Å²) in [4.78, 5) is 0. The normalized spacial score (nSPS) is 21.1. The molecule has 16 heavy (non-hydrogen) atoms. The molecule has 0 aliphatic heterocycles. The maximum atomic E-state index is 8.66. The van der Waals surface area contributed by atoms with Crippen LogP contribution in [0.25, 0.3) is 10.8 Å². The minimum atomic E-state index is -0.343. The van der Waals surface area contributed by atoms with Crippen molar-refractivity contribution in [3.8, 4) is 12.1 Å². The van der Waals surface area contributed by atoms with E-state index in [0.717, 1.165) is 0 Å². The maximum absolute atomic E-state index is 8.66. The fraction of sp³-hybridized carbons (Fsp3) is 0.167. The predicted octanol–water partition coefficient (Wildman–Crippen LogP) is 1.72. The minimum Gasteiger partial charge on any atom is -0.762 e. The SMILES string of the molecule is N#CC(=C=[N-])C1C=CC(C(=C=[N-])C#N)C=C1. The summed E-state index contributed by atoms with van der Waals surface area (Å²) in [5.41, 5.74) is 0.197. The minimum absolute atomic E-state index is 0.0985. The highest BCUT2D eigenvalue weighted by Crippen LogP contribution is 2.22. The molecule has 0 spiro atoms. The molecule has 0 radical (unpaired) electrons. The Kier molecular flexibility index (Phi) is 3.78. The molecular formula is C12H6N4-2. The molecule has 0 aromatic heterocycles. The van der Waals surface area contributed by atoms with Gasteiger partial charge in [-0.1, -0.05) is 24.3 Å². The molecule has 0 saturated heterocycles. The first kappa shape index (κ1) is 11.4. The summed E-state index contributed by atoms with van der Waals surface area (Å²) in [6.45, 7) is 0. The smallest absolute Gasteiger partial charge is 0.102 e. The van der Waals surface area contributed by atoms with Crippen LogP contribution in [-0.2, 0) is 0 Å². The van der Waals surface area contributed by atoms with Crippen molar-refractivity contribution in [3.05, 3.63) is 46.3 Å². The van der Waals surface area contributed by atoms with E-state index in [1.54, 1.807) is 24.3 Å². The molecule has 1 rings (SSSR count). The van der Waals surface area contributed by atoms with Gasteiger partial charge in [-0.15, -0.1) is 0 Å². The topological polar surface area (TPSA) is 92.2 Å². The van der Waals surface area contributed by atoms with E-state index in [1.807, 2.05) is 23.9 Å². The van der Waals surface area contributed by atoms with E-state index < -0.39 is 0 Å². The monoisotopic (exact) mass is 206 g/mol. The fourth-order valence-corrected chi connectivity index (χ4v) is 1.34. The van der Waals surface area contributed by atoms with Crippen LogP contribution in [0, 0.1) is 34.5 Å². The van der Waals surface area contributed by atoms with Gasteiger partial charge in [-0.2, -0.15) is 10.5 Å². The predicted molar refractivity (Wildman–Crippen MR) is 60.2 cm³/mol. The summed E-state index contributed by atoms with van der Waals surface area (Å²) in [6.07, 6.45) is 6.62. The zero-order valence-electron chi connectivity index (χ0n) is 8.25. The fourth-order valence-electron chi connectivity index (χ4n) is 1.34. The maximum Gasteiger partial charge on any atom is 0.102 e. The quantitative estimate of drug-likeness (QED) is 0.391. The number of nitrogens with zero attached hydrogens (tertiary/aromatic N) is 4. The largest absolute Gasteiger partial charge is 0.762 e. The van der Waals surface area contributed by atoms with Crippen LogP contribution in [0.2, 0.25) is 0 Å². The lowest BCUT2D eigenvalue weighted by Crippen LogP contribution is -2.06. The highest BCUT2D eigenvalue weighted by molar-refractivity contribution is 5.70. The van der Waals surface area contributed by atoms with Crippen LogP contribution in [0.5, 0.6) is 0 Å². The van der Waals surface area contributed by atoms with Crippen LogP contribution < -0.4 is 0 Å². The van der Waals surface area contributed by atoms with Gasteiger partial charge in [0.05, 0.1) is 11.1 Å². The van der Waals surface area contributed by atoms with E-state index in [2.05, 4.69) is 0 Å². The Morgan fingerprint density at radius 2 is 1.12 bits per heavy atom. The van der Waals surface area contributed by atoms with Gasteiger partial charge < -0.3 is 10.8 Å². The Morgan fingerprint density at radius 1 is 0.812 bits per heavy atom. The Hall–Kier alpha value is -2.64. The van der Waals surface area contributed by atoms with Crippen molar-refractivity contribution < 1.29 is 0 Å². The molecule has 0 atom stereocenters. The molecule has 0 aromatic rings. The second-order valence-corrected chi connectivity index (χ2v) is 3.10. The number of nitriles is 2. The van der Waals surface area contributed by atoms with Crippen LogP contribution >= 0.6 is 0 Å². The molecule has 0 fully saturated rings. The van der Waals surface area contributed by atoms with Crippen molar-refractivity contribution in [3.63, 3.8) is 0 Å². The third-order valence-electron chi connectivity index (χ3n) is 2.20. The molecular weight excluding hydrogens is 200 g/mol. The molecule has 4 nitrogen and oxygen atoms in total. The van der Waals surface area contributed by atoms with Gasteiger partial charge in [-0.25, -0.2) is 0 Å². The number of allylic oxidation sites excluding steroid dienone is 6.